The van der Waals surface area contributed by atoms with Crippen LogP contribution in [0.2, 0.25) is 0 Å². The molecule has 3 nitrogen and oxygen atoms in total. The molecule has 1 spiro atoms. The minimum atomic E-state index is -0.311. The lowest BCUT2D eigenvalue weighted by atomic mass is 9.47. The minimum Gasteiger partial charge on any atom is -0.347 e. The first kappa shape index (κ1) is 17.4. The van der Waals surface area contributed by atoms with E-state index in [9.17, 15) is 4.79 Å². The van der Waals surface area contributed by atoms with Gasteiger partial charge in [-0.05, 0) is 74.0 Å². The van der Waals surface area contributed by atoms with E-state index in [-0.39, 0.29) is 11.2 Å². The Morgan fingerprint density at radius 3 is 2.54 bits per heavy atom. The van der Waals surface area contributed by atoms with Crippen LogP contribution in [0.15, 0.2) is 11.6 Å². The molecule has 5 aliphatic rings. The molecular weight excluding hydrogens is 324 g/mol. The third-order valence-corrected chi connectivity index (χ3v) is 9.41. The molecule has 1 aliphatic heterocycles. The molecule has 0 aromatic heterocycles. The number of carbonyl (C=O) groups excluding carboxylic acids is 1. The molecule has 0 N–H and O–H groups in total. The predicted octanol–water partition coefficient (Wildman–Crippen LogP) is 4.90. The number of hydrogen-bond donors (Lipinski definition) is 0. The van der Waals surface area contributed by atoms with Crippen molar-refractivity contribution < 1.29 is 14.3 Å². The van der Waals surface area contributed by atoms with E-state index >= 15 is 0 Å². The average molecular weight is 359 g/mol. The van der Waals surface area contributed by atoms with E-state index in [1.807, 2.05) is 6.92 Å². The van der Waals surface area contributed by atoms with E-state index in [0.717, 1.165) is 50.2 Å². The molecule has 0 amide bonds. The molecule has 4 aliphatic carbocycles. The third kappa shape index (κ3) is 2.22. The van der Waals surface area contributed by atoms with Crippen molar-refractivity contribution in [1.82, 2.24) is 0 Å². The molecule has 5 rings (SSSR count). The van der Waals surface area contributed by atoms with Crippen LogP contribution in [0.4, 0.5) is 0 Å². The molecule has 0 aromatic rings. The van der Waals surface area contributed by atoms with Crippen LogP contribution in [-0.4, -0.2) is 24.8 Å². The number of allylic oxidation sites excluding steroid dienone is 1. The zero-order valence-corrected chi connectivity index (χ0v) is 16.7. The topological polar surface area (TPSA) is 35.5 Å². The molecule has 3 heteroatoms. The summed E-state index contributed by atoms with van der Waals surface area (Å²) in [5, 5.41) is 0. The summed E-state index contributed by atoms with van der Waals surface area (Å²) in [6, 6.07) is 0. The molecule has 3 saturated carbocycles. The Morgan fingerprint density at radius 2 is 1.81 bits per heavy atom. The predicted molar refractivity (Wildman–Crippen MR) is 101 cm³/mol. The number of carbonyl (C=O) groups is 1. The summed E-state index contributed by atoms with van der Waals surface area (Å²) in [5.41, 5.74) is 2.18. The fourth-order valence-corrected chi connectivity index (χ4v) is 8.02. The van der Waals surface area contributed by atoms with Gasteiger partial charge in [-0.2, -0.15) is 0 Å². The van der Waals surface area contributed by atoms with Gasteiger partial charge in [-0.15, -0.1) is 0 Å². The summed E-state index contributed by atoms with van der Waals surface area (Å²) in [6.07, 6.45) is 11.9. The smallest absolute Gasteiger partial charge is 0.172 e. The summed E-state index contributed by atoms with van der Waals surface area (Å²) < 4.78 is 12.1. The van der Waals surface area contributed by atoms with E-state index in [0.29, 0.717) is 17.1 Å². The molecule has 3 unspecified atom stereocenters. The fourth-order valence-electron chi connectivity index (χ4n) is 8.02. The molecule has 26 heavy (non-hydrogen) atoms. The van der Waals surface area contributed by atoms with E-state index < -0.39 is 0 Å². The lowest BCUT2D eigenvalue weighted by Crippen LogP contribution is -2.52. The molecule has 0 radical (unpaired) electrons. The summed E-state index contributed by atoms with van der Waals surface area (Å²) >= 11 is 0. The van der Waals surface area contributed by atoms with Crippen molar-refractivity contribution >= 4 is 5.78 Å². The largest absolute Gasteiger partial charge is 0.347 e. The van der Waals surface area contributed by atoms with Gasteiger partial charge in [0.1, 0.15) is 5.78 Å². The van der Waals surface area contributed by atoms with Crippen molar-refractivity contribution in [2.45, 2.75) is 77.9 Å². The Labute approximate surface area is 157 Å². The maximum Gasteiger partial charge on any atom is 0.172 e. The van der Waals surface area contributed by atoms with Crippen LogP contribution in [-0.2, 0) is 14.3 Å². The number of ketones is 1. The number of hydrogen-bond acceptors (Lipinski definition) is 3. The first-order chi connectivity index (χ1) is 12.4. The zero-order valence-electron chi connectivity index (χ0n) is 16.7. The highest BCUT2D eigenvalue weighted by Crippen LogP contribution is 2.67. The third-order valence-electron chi connectivity index (χ3n) is 9.41. The Hall–Kier alpha value is -0.670. The molecule has 0 aromatic carbocycles. The van der Waals surface area contributed by atoms with Crippen LogP contribution in [0, 0.1) is 34.5 Å². The SMILES string of the molecule is CC(=O)[C@H]1CCC2C3CC=C4CC5(CC[C@]4(C)C3CC[C@@]21C)OCCO5. The summed E-state index contributed by atoms with van der Waals surface area (Å²) in [5.74, 6) is 2.72. The Morgan fingerprint density at radius 1 is 1.04 bits per heavy atom. The Kier molecular flexibility index (Phi) is 3.80. The van der Waals surface area contributed by atoms with Crippen LogP contribution in [0.1, 0.15) is 72.1 Å². The minimum absolute atomic E-state index is 0.252. The zero-order chi connectivity index (χ0) is 18.2. The van der Waals surface area contributed by atoms with Crippen molar-refractivity contribution in [3.8, 4) is 0 Å². The van der Waals surface area contributed by atoms with Gasteiger partial charge in [0.25, 0.3) is 0 Å². The molecule has 1 saturated heterocycles. The van der Waals surface area contributed by atoms with Gasteiger partial charge in [-0.25, -0.2) is 0 Å². The van der Waals surface area contributed by atoms with Gasteiger partial charge in [-0.1, -0.05) is 25.5 Å². The maximum absolute atomic E-state index is 12.3. The van der Waals surface area contributed by atoms with Gasteiger partial charge in [0.2, 0.25) is 0 Å². The first-order valence-electron chi connectivity index (χ1n) is 10.9. The van der Waals surface area contributed by atoms with Gasteiger partial charge in [0.15, 0.2) is 5.79 Å². The summed E-state index contributed by atoms with van der Waals surface area (Å²) in [6.45, 7) is 8.29. The quantitative estimate of drug-likeness (QED) is 0.626. The van der Waals surface area contributed by atoms with Crippen molar-refractivity contribution in [2.75, 3.05) is 13.2 Å². The highest BCUT2D eigenvalue weighted by atomic mass is 16.7. The van der Waals surface area contributed by atoms with E-state index in [4.69, 9.17) is 9.47 Å². The van der Waals surface area contributed by atoms with Crippen LogP contribution >= 0.6 is 0 Å². The maximum atomic E-state index is 12.3. The second-order valence-electron chi connectivity index (χ2n) is 10.3. The highest BCUT2D eigenvalue weighted by molar-refractivity contribution is 5.79. The number of ether oxygens (including phenoxy) is 2. The Bertz CT molecular complexity index is 646. The average Bonchev–Trinajstić information content (AvgIpc) is 3.20. The van der Waals surface area contributed by atoms with Gasteiger partial charge < -0.3 is 9.47 Å². The molecule has 144 valence electrons. The second-order valence-corrected chi connectivity index (χ2v) is 10.3. The highest BCUT2D eigenvalue weighted by Gasteiger charge is 2.60. The lowest BCUT2D eigenvalue weighted by Gasteiger charge is -2.58. The molecule has 4 fully saturated rings. The van der Waals surface area contributed by atoms with Gasteiger partial charge in [0.05, 0.1) is 13.2 Å². The van der Waals surface area contributed by atoms with E-state index in [1.54, 1.807) is 5.57 Å². The second kappa shape index (κ2) is 5.67. The fraction of sp³-hybridized carbons (Fsp3) is 0.870. The lowest BCUT2D eigenvalue weighted by molar-refractivity contribution is -0.185. The van der Waals surface area contributed by atoms with Crippen LogP contribution in [0.25, 0.3) is 0 Å². The van der Waals surface area contributed by atoms with Gasteiger partial charge >= 0.3 is 0 Å². The van der Waals surface area contributed by atoms with Crippen molar-refractivity contribution in [1.29, 1.82) is 0 Å². The standard InChI is InChI=1S/C23H34O3/c1-15(24)18-6-7-19-17-5-4-16-14-23(25-12-13-26-23)11-10-21(16,2)20(17)8-9-22(18,19)3/h4,17-20H,5-14H2,1-3H3/t17?,18-,19?,20?,21+,22-/m1/s1. The van der Waals surface area contributed by atoms with Gasteiger partial charge in [-0.3, -0.25) is 4.79 Å². The van der Waals surface area contributed by atoms with Crippen molar-refractivity contribution in [3.63, 3.8) is 0 Å². The van der Waals surface area contributed by atoms with Crippen molar-refractivity contribution in [3.05, 3.63) is 11.6 Å². The number of Topliss-reactive ketones (excluding diaryl/α,β-unsaturated/α-hetero) is 1. The first-order valence-corrected chi connectivity index (χ1v) is 10.9. The molecule has 0 bridgehead atoms. The van der Waals surface area contributed by atoms with E-state index in [1.165, 1.54) is 32.1 Å². The number of rotatable bonds is 1. The Balaban J connectivity index is 1.44. The molecular formula is C23H34O3. The van der Waals surface area contributed by atoms with Gasteiger partial charge in [0, 0.05) is 18.8 Å². The monoisotopic (exact) mass is 358 g/mol. The molecule has 6 atom stereocenters. The molecule has 1 heterocycles. The van der Waals surface area contributed by atoms with Crippen molar-refractivity contribution in [2.24, 2.45) is 34.5 Å². The summed E-state index contributed by atoms with van der Waals surface area (Å²) in [4.78, 5) is 12.3. The van der Waals surface area contributed by atoms with Crippen LogP contribution in [0.5, 0.6) is 0 Å². The normalized spacial score (nSPS) is 49.3. The van der Waals surface area contributed by atoms with E-state index in [2.05, 4.69) is 19.9 Å². The summed E-state index contributed by atoms with van der Waals surface area (Å²) in [7, 11) is 0. The number of fused-ring (bicyclic) bond motifs is 5. The van der Waals surface area contributed by atoms with Crippen LogP contribution < -0.4 is 0 Å². The van der Waals surface area contributed by atoms with Crippen LogP contribution in [0.3, 0.4) is 0 Å².